The van der Waals surface area contributed by atoms with Gasteiger partial charge in [-0.05, 0) is 19.1 Å². The summed E-state index contributed by atoms with van der Waals surface area (Å²) in [4.78, 5) is 23.3. The number of aldehydes is 1. The Hall–Kier alpha value is -3.02. The Morgan fingerprint density at radius 3 is 2.86 bits per heavy atom. The van der Waals surface area contributed by atoms with Gasteiger partial charge >= 0.3 is 0 Å². The molecule has 0 aliphatic heterocycles. The first-order valence-electron chi connectivity index (χ1n) is 6.29. The first kappa shape index (κ1) is 13.0. The number of para-hydroxylation sites is 1. The van der Waals surface area contributed by atoms with E-state index in [-0.39, 0.29) is 17.3 Å². The van der Waals surface area contributed by atoms with Crippen molar-refractivity contribution < 1.29 is 9.53 Å². The Bertz CT molecular complexity index is 833. The van der Waals surface area contributed by atoms with Gasteiger partial charge in [-0.3, -0.25) is 4.79 Å². The highest BCUT2D eigenvalue weighted by atomic mass is 16.5. The van der Waals surface area contributed by atoms with Crippen LogP contribution in [0.25, 0.3) is 10.9 Å². The summed E-state index contributed by atoms with van der Waals surface area (Å²) in [6.07, 6.45) is 1.83. The second kappa shape index (κ2) is 5.16. The molecule has 6 nitrogen and oxygen atoms in total. The van der Waals surface area contributed by atoms with Crippen LogP contribution < -0.4 is 10.5 Å². The molecule has 104 valence electrons. The molecule has 1 aromatic carbocycles. The maximum atomic E-state index is 11.1. The number of hydrogen-bond donors (Lipinski definition) is 1. The smallest absolute Gasteiger partial charge is 0.235 e. The zero-order valence-corrected chi connectivity index (χ0v) is 11.3. The lowest BCUT2D eigenvalue weighted by Gasteiger charge is -2.10. The monoisotopic (exact) mass is 280 g/mol. The lowest BCUT2D eigenvalue weighted by molar-refractivity contribution is 0.112. The summed E-state index contributed by atoms with van der Waals surface area (Å²) in [5.41, 5.74) is 7.34. The van der Waals surface area contributed by atoms with Gasteiger partial charge in [0.25, 0.3) is 0 Å². The Morgan fingerprint density at radius 2 is 2.05 bits per heavy atom. The molecule has 0 aliphatic rings. The topological polar surface area (TPSA) is 91.0 Å². The van der Waals surface area contributed by atoms with E-state index in [4.69, 9.17) is 10.5 Å². The summed E-state index contributed by atoms with van der Waals surface area (Å²) in [6.45, 7) is 1.90. The van der Waals surface area contributed by atoms with Crippen molar-refractivity contribution >= 4 is 23.0 Å². The van der Waals surface area contributed by atoms with Gasteiger partial charge in [-0.15, -0.1) is 0 Å². The van der Waals surface area contributed by atoms with Crippen molar-refractivity contribution in [2.24, 2.45) is 0 Å². The van der Waals surface area contributed by atoms with Gasteiger partial charge in [0.2, 0.25) is 5.88 Å². The third-order valence-electron chi connectivity index (χ3n) is 3.03. The van der Waals surface area contributed by atoms with E-state index in [0.717, 1.165) is 11.1 Å². The van der Waals surface area contributed by atoms with Crippen LogP contribution in [0.15, 0.2) is 36.7 Å². The van der Waals surface area contributed by atoms with E-state index in [0.29, 0.717) is 17.6 Å². The fourth-order valence-electron chi connectivity index (χ4n) is 1.99. The Morgan fingerprint density at radius 1 is 1.19 bits per heavy atom. The fraction of sp³-hybridized carbons (Fsp3) is 0.0667. The standard InChI is InChI=1S/C15H12N4O2/c1-9-5-6-10-3-2-4-12(13(10)19-9)21-15-11(7-20)14(16)17-8-18-15/h2-8H,1H3,(H2,16,17,18). The molecule has 0 saturated carbocycles. The summed E-state index contributed by atoms with van der Waals surface area (Å²) in [5, 5.41) is 0.938. The quantitative estimate of drug-likeness (QED) is 0.741. The molecule has 2 aromatic heterocycles. The van der Waals surface area contributed by atoms with Gasteiger partial charge in [-0.25, -0.2) is 15.0 Å². The van der Waals surface area contributed by atoms with Crippen molar-refractivity contribution in [2.45, 2.75) is 6.92 Å². The number of nitrogens with two attached hydrogens (primary N) is 1. The number of rotatable bonds is 3. The predicted octanol–water partition coefficient (Wildman–Crippen LogP) is 2.52. The van der Waals surface area contributed by atoms with Gasteiger partial charge in [0.05, 0.1) is 0 Å². The molecule has 2 heterocycles. The number of ether oxygens (including phenoxy) is 1. The highest BCUT2D eigenvalue weighted by Gasteiger charge is 2.12. The SMILES string of the molecule is Cc1ccc2cccc(Oc3ncnc(N)c3C=O)c2n1. The number of benzene rings is 1. The van der Waals surface area contributed by atoms with Crippen LogP contribution in [-0.2, 0) is 0 Å². The first-order valence-corrected chi connectivity index (χ1v) is 6.29. The van der Waals surface area contributed by atoms with Gasteiger partial charge in [-0.1, -0.05) is 18.2 Å². The Labute approximate surface area is 120 Å². The number of pyridine rings is 1. The second-order valence-corrected chi connectivity index (χ2v) is 4.48. The maximum Gasteiger partial charge on any atom is 0.235 e. The van der Waals surface area contributed by atoms with Crippen LogP contribution in [-0.4, -0.2) is 21.2 Å². The molecular weight excluding hydrogens is 268 g/mol. The second-order valence-electron chi connectivity index (χ2n) is 4.48. The molecule has 0 radical (unpaired) electrons. The molecule has 3 aromatic rings. The van der Waals surface area contributed by atoms with Crippen molar-refractivity contribution in [3.05, 3.63) is 47.9 Å². The van der Waals surface area contributed by atoms with E-state index in [1.807, 2.05) is 31.2 Å². The zero-order valence-electron chi connectivity index (χ0n) is 11.3. The number of carbonyl (C=O) groups excluding carboxylic acids is 1. The highest BCUT2D eigenvalue weighted by Crippen LogP contribution is 2.29. The first-order chi connectivity index (χ1) is 10.2. The van der Waals surface area contributed by atoms with E-state index >= 15 is 0 Å². The van der Waals surface area contributed by atoms with Crippen LogP contribution in [0.5, 0.6) is 11.6 Å². The number of aryl methyl sites for hydroxylation is 1. The molecule has 0 fully saturated rings. The molecule has 0 saturated heterocycles. The van der Waals surface area contributed by atoms with E-state index in [2.05, 4.69) is 15.0 Å². The molecule has 21 heavy (non-hydrogen) atoms. The minimum Gasteiger partial charge on any atom is -0.436 e. The van der Waals surface area contributed by atoms with Crippen LogP contribution in [0.2, 0.25) is 0 Å². The molecule has 2 N–H and O–H groups in total. The van der Waals surface area contributed by atoms with Crippen molar-refractivity contribution in [3.8, 4) is 11.6 Å². The molecule has 0 spiro atoms. The summed E-state index contributed by atoms with van der Waals surface area (Å²) in [5.74, 6) is 0.713. The lowest BCUT2D eigenvalue weighted by atomic mass is 10.2. The van der Waals surface area contributed by atoms with Crippen LogP contribution >= 0.6 is 0 Å². The van der Waals surface area contributed by atoms with Crippen LogP contribution in [0.1, 0.15) is 16.1 Å². The Balaban J connectivity index is 2.12. The molecule has 0 amide bonds. The van der Waals surface area contributed by atoms with Crippen LogP contribution in [0.4, 0.5) is 5.82 Å². The van der Waals surface area contributed by atoms with Gasteiger partial charge < -0.3 is 10.5 Å². The van der Waals surface area contributed by atoms with E-state index < -0.39 is 0 Å². The lowest BCUT2D eigenvalue weighted by Crippen LogP contribution is -2.02. The fourth-order valence-corrected chi connectivity index (χ4v) is 1.99. The predicted molar refractivity (Wildman–Crippen MR) is 78.4 cm³/mol. The Kier molecular flexibility index (Phi) is 3.19. The molecular formula is C15H12N4O2. The number of nitrogens with zero attached hydrogens (tertiary/aromatic N) is 3. The van der Waals surface area contributed by atoms with E-state index in [1.165, 1.54) is 6.33 Å². The van der Waals surface area contributed by atoms with Crippen LogP contribution in [0.3, 0.4) is 0 Å². The molecule has 0 aliphatic carbocycles. The normalized spacial score (nSPS) is 10.5. The number of anilines is 1. The molecule has 0 unspecified atom stereocenters. The van der Waals surface area contributed by atoms with Crippen molar-refractivity contribution in [3.63, 3.8) is 0 Å². The summed E-state index contributed by atoms with van der Waals surface area (Å²) in [6, 6.07) is 9.43. The number of carbonyl (C=O) groups is 1. The minimum atomic E-state index is 0.0828. The van der Waals surface area contributed by atoms with Crippen molar-refractivity contribution in [1.29, 1.82) is 0 Å². The van der Waals surface area contributed by atoms with Gasteiger partial charge in [0, 0.05) is 11.1 Å². The average Bonchev–Trinajstić information content (AvgIpc) is 2.48. The third kappa shape index (κ3) is 2.38. The van der Waals surface area contributed by atoms with Gasteiger partial charge in [0.15, 0.2) is 12.0 Å². The summed E-state index contributed by atoms with van der Waals surface area (Å²) in [7, 11) is 0. The number of hydrogen-bond acceptors (Lipinski definition) is 6. The minimum absolute atomic E-state index is 0.0828. The summed E-state index contributed by atoms with van der Waals surface area (Å²) < 4.78 is 5.72. The third-order valence-corrected chi connectivity index (χ3v) is 3.03. The van der Waals surface area contributed by atoms with E-state index in [1.54, 1.807) is 6.07 Å². The molecule has 3 rings (SSSR count). The highest BCUT2D eigenvalue weighted by molar-refractivity contribution is 5.87. The molecule has 6 heteroatoms. The number of nitrogen functional groups attached to an aromatic ring is 1. The van der Waals surface area contributed by atoms with Gasteiger partial charge in [0.1, 0.15) is 23.2 Å². The molecule has 0 atom stereocenters. The van der Waals surface area contributed by atoms with Crippen molar-refractivity contribution in [1.82, 2.24) is 15.0 Å². The number of fused-ring (bicyclic) bond motifs is 1. The number of aromatic nitrogens is 3. The maximum absolute atomic E-state index is 11.1. The van der Waals surface area contributed by atoms with Crippen molar-refractivity contribution in [2.75, 3.05) is 5.73 Å². The largest absolute Gasteiger partial charge is 0.436 e. The zero-order chi connectivity index (χ0) is 14.8. The van der Waals surface area contributed by atoms with E-state index in [9.17, 15) is 4.79 Å². The molecule has 0 bridgehead atoms. The van der Waals surface area contributed by atoms with Gasteiger partial charge in [-0.2, -0.15) is 0 Å². The average molecular weight is 280 g/mol. The van der Waals surface area contributed by atoms with Crippen LogP contribution in [0, 0.1) is 6.92 Å². The summed E-state index contributed by atoms with van der Waals surface area (Å²) >= 11 is 0.